The van der Waals surface area contributed by atoms with Crippen LogP contribution in [0.25, 0.3) is 0 Å². The average molecular weight is 184 g/mol. The molecule has 0 saturated carbocycles. The van der Waals surface area contributed by atoms with E-state index in [1.165, 1.54) is 0 Å². The maximum absolute atomic E-state index is 11.0. The van der Waals surface area contributed by atoms with Gasteiger partial charge < -0.3 is 16.4 Å². The fraction of sp³-hybridized carbons (Fsp3) is 0.750. The molecule has 0 radical (unpaired) electrons. The van der Waals surface area contributed by atoms with Crippen molar-refractivity contribution in [1.29, 1.82) is 0 Å². The monoisotopic (exact) mass is 184 g/mol. The Bertz CT molecular complexity index is 226. The Labute approximate surface area is 77.8 Å². The van der Waals surface area contributed by atoms with Gasteiger partial charge >= 0.3 is 0 Å². The van der Waals surface area contributed by atoms with Crippen LogP contribution >= 0.6 is 0 Å². The highest BCUT2D eigenvalue weighted by Crippen LogP contribution is 2.15. The van der Waals surface area contributed by atoms with Crippen LogP contribution in [0.4, 0.5) is 0 Å². The second-order valence-corrected chi connectivity index (χ2v) is 3.09. The van der Waals surface area contributed by atoms with E-state index in [0.29, 0.717) is 12.5 Å². The average Bonchev–Trinajstić information content (AvgIpc) is 2.52. The number of amides is 1. The van der Waals surface area contributed by atoms with E-state index in [2.05, 4.69) is 4.99 Å². The maximum atomic E-state index is 11.0. The minimum absolute atomic E-state index is 0.254. The van der Waals surface area contributed by atoms with Crippen LogP contribution in [-0.2, 0) is 4.79 Å². The SMILES string of the molecule is CCN=C(N)N1CCCC1C(N)=O. The molecule has 1 amide bonds. The van der Waals surface area contributed by atoms with Crippen molar-refractivity contribution in [3.05, 3.63) is 0 Å². The molecule has 74 valence electrons. The first-order valence-corrected chi connectivity index (χ1v) is 4.52. The molecule has 13 heavy (non-hydrogen) atoms. The molecule has 0 aliphatic carbocycles. The highest BCUT2D eigenvalue weighted by Gasteiger charge is 2.29. The van der Waals surface area contributed by atoms with Gasteiger partial charge in [-0.1, -0.05) is 0 Å². The summed E-state index contributed by atoms with van der Waals surface area (Å²) >= 11 is 0. The standard InChI is InChI=1S/C8H16N4O/c1-2-11-8(10)12-5-3-4-6(12)7(9)13/h6H,2-5H2,1H3,(H2,9,13)(H2,10,11). The zero-order valence-corrected chi connectivity index (χ0v) is 7.86. The number of nitrogens with zero attached hydrogens (tertiary/aromatic N) is 2. The maximum Gasteiger partial charge on any atom is 0.240 e. The molecule has 5 nitrogen and oxygen atoms in total. The van der Waals surface area contributed by atoms with Gasteiger partial charge in [0.25, 0.3) is 0 Å². The Morgan fingerprint density at radius 1 is 1.62 bits per heavy atom. The van der Waals surface area contributed by atoms with E-state index in [1.807, 2.05) is 6.92 Å². The van der Waals surface area contributed by atoms with Gasteiger partial charge in [0, 0.05) is 13.1 Å². The lowest BCUT2D eigenvalue weighted by molar-refractivity contribution is -0.121. The van der Waals surface area contributed by atoms with Gasteiger partial charge in [-0.15, -0.1) is 0 Å². The van der Waals surface area contributed by atoms with E-state index in [-0.39, 0.29) is 11.9 Å². The molecule has 1 rings (SSSR count). The van der Waals surface area contributed by atoms with Crippen molar-refractivity contribution < 1.29 is 4.79 Å². The van der Waals surface area contributed by atoms with Crippen LogP contribution in [0.5, 0.6) is 0 Å². The quantitative estimate of drug-likeness (QED) is 0.438. The van der Waals surface area contributed by atoms with Gasteiger partial charge in [-0.3, -0.25) is 9.79 Å². The van der Waals surface area contributed by atoms with Crippen LogP contribution in [0, 0.1) is 0 Å². The summed E-state index contributed by atoms with van der Waals surface area (Å²) in [5, 5.41) is 0. The third-order valence-corrected chi connectivity index (χ3v) is 2.20. The van der Waals surface area contributed by atoms with Gasteiger partial charge in [-0.25, -0.2) is 0 Å². The van der Waals surface area contributed by atoms with E-state index < -0.39 is 0 Å². The van der Waals surface area contributed by atoms with Crippen LogP contribution in [-0.4, -0.2) is 35.9 Å². The molecule has 1 fully saturated rings. The zero-order chi connectivity index (χ0) is 9.84. The summed E-state index contributed by atoms with van der Waals surface area (Å²) in [5.41, 5.74) is 10.9. The largest absolute Gasteiger partial charge is 0.370 e. The number of carbonyl (C=O) groups is 1. The van der Waals surface area contributed by atoms with Crippen LogP contribution < -0.4 is 11.5 Å². The number of likely N-dealkylation sites (tertiary alicyclic amines) is 1. The molecule has 0 spiro atoms. The highest BCUT2D eigenvalue weighted by molar-refractivity contribution is 5.87. The Morgan fingerprint density at radius 2 is 2.31 bits per heavy atom. The molecular formula is C8H16N4O. The summed E-state index contributed by atoms with van der Waals surface area (Å²) in [6.45, 7) is 3.32. The van der Waals surface area contributed by atoms with Crippen LogP contribution in [0.2, 0.25) is 0 Å². The van der Waals surface area contributed by atoms with E-state index in [0.717, 1.165) is 19.4 Å². The lowest BCUT2D eigenvalue weighted by atomic mass is 10.2. The number of hydrogen-bond acceptors (Lipinski definition) is 2. The van der Waals surface area contributed by atoms with Crippen molar-refractivity contribution in [3.8, 4) is 0 Å². The molecule has 4 N–H and O–H groups in total. The molecule has 0 bridgehead atoms. The van der Waals surface area contributed by atoms with Crippen molar-refractivity contribution >= 4 is 11.9 Å². The molecule has 1 unspecified atom stereocenters. The minimum atomic E-state index is -0.313. The van der Waals surface area contributed by atoms with Crippen molar-refractivity contribution in [1.82, 2.24) is 4.90 Å². The summed E-state index contributed by atoms with van der Waals surface area (Å²) in [4.78, 5) is 16.8. The van der Waals surface area contributed by atoms with Crippen molar-refractivity contribution in [3.63, 3.8) is 0 Å². The number of carbonyl (C=O) groups excluding carboxylic acids is 1. The number of nitrogens with two attached hydrogens (primary N) is 2. The van der Waals surface area contributed by atoms with Gasteiger partial charge in [0.2, 0.25) is 5.91 Å². The predicted octanol–water partition coefficient (Wildman–Crippen LogP) is -0.729. The van der Waals surface area contributed by atoms with Gasteiger partial charge in [-0.05, 0) is 19.8 Å². The topological polar surface area (TPSA) is 84.7 Å². The van der Waals surface area contributed by atoms with Gasteiger partial charge in [0.1, 0.15) is 6.04 Å². The lowest BCUT2D eigenvalue weighted by Crippen LogP contribution is -2.47. The summed E-state index contributed by atoms with van der Waals surface area (Å²) < 4.78 is 0. The van der Waals surface area contributed by atoms with Crippen LogP contribution in [0.1, 0.15) is 19.8 Å². The normalized spacial score (nSPS) is 23.6. The van der Waals surface area contributed by atoms with Crippen LogP contribution in [0.3, 0.4) is 0 Å². The van der Waals surface area contributed by atoms with Crippen LogP contribution in [0.15, 0.2) is 4.99 Å². The summed E-state index contributed by atoms with van der Waals surface area (Å²) in [7, 11) is 0. The van der Waals surface area contributed by atoms with E-state index in [9.17, 15) is 4.79 Å². The number of primary amides is 1. The third-order valence-electron chi connectivity index (χ3n) is 2.20. The number of hydrogen-bond donors (Lipinski definition) is 2. The van der Waals surface area contributed by atoms with E-state index in [1.54, 1.807) is 4.90 Å². The third kappa shape index (κ3) is 2.11. The minimum Gasteiger partial charge on any atom is -0.370 e. The fourth-order valence-corrected chi connectivity index (χ4v) is 1.59. The van der Waals surface area contributed by atoms with Gasteiger partial charge in [0.15, 0.2) is 5.96 Å². The first kappa shape index (κ1) is 9.83. The molecule has 0 aromatic rings. The summed E-state index contributed by atoms with van der Waals surface area (Å²) in [6, 6.07) is -0.254. The smallest absolute Gasteiger partial charge is 0.240 e. The Kier molecular flexibility index (Phi) is 3.11. The highest BCUT2D eigenvalue weighted by atomic mass is 16.1. The Morgan fingerprint density at radius 3 is 2.85 bits per heavy atom. The van der Waals surface area contributed by atoms with Crippen molar-refractivity contribution in [2.24, 2.45) is 16.5 Å². The predicted molar refractivity (Wildman–Crippen MR) is 51.1 cm³/mol. The van der Waals surface area contributed by atoms with Crippen molar-refractivity contribution in [2.75, 3.05) is 13.1 Å². The summed E-state index contributed by atoms with van der Waals surface area (Å²) in [6.07, 6.45) is 1.74. The fourth-order valence-electron chi connectivity index (χ4n) is 1.59. The molecule has 0 aromatic heterocycles. The van der Waals surface area contributed by atoms with Crippen molar-refractivity contribution in [2.45, 2.75) is 25.8 Å². The summed E-state index contributed by atoms with van der Waals surface area (Å²) in [5.74, 6) is 0.121. The number of rotatable bonds is 2. The molecule has 1 aliphatic heterocycles. The Balaban J connectivity index is 2.68. The van der Waals surface area contributed by atoms with E-state index in [4.69, 9.17) is 11.5 Å². The number of guanidine groups is 1. The second kappa shape index (κ2) is 4.11. The zero-order valence-electron chi connectivity index (χ0n) is 7.86. The first-order chi connectivity index (χ1) is 6.16. The Hall–Kier alpha value is -1.26. The second-order valence-electron chi connectivity index (χ2n) is 3.09. The molecular weight excluding hydrogens is 168 g/mol. The molecule has 1 heterocycles. The molecule has 1 aliphatic rings. The molecule has 5 heteroatoms. The van der Waals surface area contributed by atoms with Gasteiger partial charge in [0.05, 0.1) is 0 Å². The molecule has 0 aromatic carbocycles. The number of aliphatic imine (C=N–C) groups is 1. The first-order valence-electron chi connectivity index (χ1n) is 4.52. The molecule has 1 atom stereocenters. The van der Waals surface area contributed by atoms with Gasteiger partial charge in [-0.2, -0.15) is 0 Å². The van der Waals surface area contributed by atoms with E-state index >= 15 is 0 Å². The lowest BCUT2D eigenvalue weighted by Gasteiger charge is -2.22. The molecule has 1 saturated heterocycles.